The zero-order chi connectivity index (χ0) is 20.8. The second-order valence-corrected chi connectivity index (χ2v) is 7.54. The Morgan fingerprint density at radius 3 is 2.67 bits per heavy atom. The van der Waals surface area contributed by atoms with Gasteiger partial charge in [-0.2, -0.15) is 5.10 Å². The molecule has 0 aliphatic carbocycles. The van der Waals surface area contributed by atoms with Crippen LogP contribution in [-0.2, 0) is 11.8 Å². The fourth-order valence-corrected chi connectivity index (χ4v) is 3.75. The fourth-order valence-electron chi connectivity index (χ4n) is 2.94. The number of hydrogen-bond donors (Lipinski definition) is 2. The van der Waals surface area contributed by atoms with E-state index in [1.807, 2.05) is 90.5 Å². The standard InChI is InChI=1S/C23H20N4O2S/c1-27-21-13-6-5-12-20(21)25-23(27)30-16-22(28)26-24-15-17-8-7-11-19(14-17)29-18-9-3-2-4-10-18/h2-15H,16H2,1H3,(H,26,28)/p+1. The number of carbonyl (C=O) groups is 1. The summed E-state index contributed by atoms with van der Waals surface area (Å²) in [7, 11) is 1.97. The molecule has 0 bridgehead atoms. The van der Waals surface area contributed by atoms with Crippen molar-refractivity contribution in [3.8, 4) is 11.5 Å². The number of nitrogens with zero attached hydrogens (tertiary/aromatic N) is 2. The zero-order valence-electron chi connectivity index (χ0n) is 16.4. The maximum absolute atomic E-state index is 12.1. The summed E-state index contributed by atoms with van der Waals surface area (Å²) in [4.78, 5) is 15.5. The minimum Gasteiger partial charge on any atom is -0.457 e. The Labute approximate surface area is 178 Å². The van der Waals surface area contributed by atoms with Crippen LogP contribution in [0.3, 0.4) is 0 Å². The van der Waals surface area contributed by atoms with Gasteiger partial charge in [0, 0.05) is 0 Å². The van der Waals surface area contributed by atoms with Gasteiger partial charge in [0.1, 0.15) is 11.5 Å². The van der Waals surface area contributed by atoms with E-state index in [1.54, 1.807) is 6.21 Å². The number of thioether (sulfide) groups is 1. The van der Waals surface area contributed by atoms with E-state index in [-0.39, 0.29) is 11.7 Å². The van der Waals surface area contributed by atoms with E-state index in [9.17, 15) is 4.79 Å². The molecule has 1 amide bonds. The quantitative estimate of drug-likeness (QED) is 0.206. The van der Waals surface area contributed by atoms with Crippen molar-refractivity contribution in [2.45, 2.75) is 5.16 Å². The van der Waals surface area contributed by atoms with E-state index in [0.717, 1.165) is 27.5 Å². The number of H-pyrrole nitrogens is 1. The molecule has 2 N–H and O–H groups in total. The van der Waals surface area contributed by atoms with Gasteiger partial charge in [-0.3, -0.25) is 4.79 Å². The summed E-state index contributed by atoms with van der Waals surface area (Å²) in [6, 6.07) is 25.1. The minimum absolute atomic E-state index is 0.174. The molecule has 30 heavy (non-hydrogen) atoms. The number of aromatic nitrogens is 2. The highest BCUT2D eigenvalue weighted by atomic mass is 32.2. The topological polar surface area (TPSA) is 70.4 Å². The largest absolute Gasteiger partial charge is 0.457 e. The average Bonchev–Trinajstić information content (AvgIpc) is 3.09. The SMILES string of the molecule is C[n+]1c(SCC(=O)NN=Cc2cccc(Oc3ccccc3)c2)[nH]c2ccccc21. The summed E-state index contributed by atoms with van der Waals surface area (Å²) >= 11 is 1.43. The monoisotopic (exact) mass is 417 g/mol. The van der Waals surface area contributed by atoms with E-state index in [0.29, 0.717) is 5.75 Å². The number of aryl methyl sites for hydroxylation is 1. The Balaban J connectivity index is 1.31. The highest BCUT2D eigenvalue weighted by molar-refractivity contribution is 7.99. The summed E-state index contributed by atoms with van der Waals surface area (Å²) in [5.74, 6) is 1.56. The van der Waals surface area contributed by atoms with E-state index in [1.165, 1.54) is 11.8 Å². The van der Waals surface area contributed by atoms with Crippen LogP contribution in [0.25, 0.3) is 11.0 Å². The molecule has 4 rings (SSSR count). The lowest BCUT2D eigenvalue weighted by Gasteiger charge is -2.05. The normalized spacial score (nSPS) is 11.1. The Kier molecular flexibility index (Phi) is 6.10. The lowest BCUT2D eigenvalue weighted by Crippen LogP contribution is -2.30. The van der Waals surface area contributed by atoms with Crippen molar-refractivity contribution in [2.75, 3.05) is 5.75 Å². The van der Waals surface area contributed by atoms with Crippen LogP contribution < -0.4 is 14.7 Å². The van der Waals surface area contributed by atoms with Gasteiger partial charge >= 0.3 is 5.16 Å². The summed E-state index contributed by atoms with van der Waals surface area (Å²) in [6.07, 6.45) is 1.60. The average molecular weight is 418 g/mol. The number of para-hydroxylation sites is 3. The fraction of sp³-hybridized carbons (Fsp3) is 0.0870. The Morgan fingerprint density at radius 1 is 1.07 bits per heavy atom. The number of hydrazone groups is 1. The first-order valence-electron chi connectivity index (χ1n) is 9.43. The van der Waals surface area contributed by atoms with Gasteiger partial charge in [-0.15, -0.1) is 0 Å². The van der Waals surface area contributed by atoms with Crippen molar-refractivity contribution in [2.24, 2.45) is 12.1 Å². The van der Waals surface area contributed by atoms with Gasteiger partial charge < -0.3 is 4.74 Å². The third-order valence-electron chi connectivity index (χ3n) is 4.39. The Bertz CT molecular complexity index is 1190. The predicted octanol–water partition coefficient (Wildman–Crippen LogP) is 4.03. The molecule has 150 valence electrons. The highest BCUT2D eigenvalue weighted by Gasteiger charge is 2.16. The van der Waals surface area contributed by atoms with Gasteiger partial charge in [-0.05, 0) is 53.7 Å². The number of imidazole rings is 1. The minimum atomic E-state index is -0.174. The number of aromatic amines is 1. The molecule has 1 heterocycles. The van der Waals surface area contributed by atoms with Crippen LogP contribution in [0.4, 0.5) is 0 Å². The molecule has 0 fully saturated rings. The van der Waals surface area contributed by atoms with Crippen LogP contribution in [0, 0.1) is 0 Å². The number of amides is 1. The smallest absolute Gasteiger partial charge is 0.317 e. The van der Waals surface area contributed by atoms with Crippen molar-refractivity contribution < 1.29 is 14.1 Å². The Hall–Kier alpha value is -3.58. The molecule has 0 saturated heterocycles. The first kappa shape index (κ1) is 19.7. The van der Waals surface area contributed by atoms with E-state index < -0.39 is 0 Å². The van der Waals surface area contributed by atoms with Crippen LogP contribution in [0.2, 0.25) is 0 Å². The van der Waals surface area contributed by atoms with Gasteiger partial charge in [0.15, 0.2) is 11.0 Å². The summed E-state index contributed by atoms with van der Waals surface area (Å²) in [5, 5.41) is 4.97. The predicted molar refractivity (Wildman–Crippen MR) is 119 cm³/mol. The first-order chi connectivity index (χ1) is 14.7. The number of rotatable bonds is 7. The van der Waals surface area contributed by atoms with Gasteiger partial charge in [0.05, 0.1) is 19.0 Å². The number of nitrogens with one attached hydrogen (secondary N) is 2. The Morgan fingerprint density at radius 2 is 1.83 bits per heavy atom. The molecular weight excluding hydrogens is 396 g/mol. The third kappa shape index (κ3) is 4.87. The van der Waals surface area contributed by atoms with Crippen LogP contribution in [-0.4, -0.2) is 22.9 Å². The maximum Gasteiger partial charge on any atom is 0.317 e. The van der Waals surface area contributed by atoms with Crippen molar-refractivity contribution in [1.29, 1.82) is 0 Å². The molecular formula is C23H21N4O2S+. The van der Waals surface area contributed by atoms with Crippen LogP contribution in [0.15, 0.2) is 89.1 Å². The lowest BCUT2D eigenvalue weighted by atomic mass is 10.2. The molecule has 0 spiro atoms. The maximum atomic E-state index is 12.1. The highest BCUT2D eigenvalue weighted by Crippen LogP contribution is 2.21. The van der Waals surface area contributed by atoms with Crippen LogP contribution in [0.5, 0.6) is 11.5 Å². The number of carbonyl (C=O) groups excluding carboxylic acids is 1. The molecule has 1 aromatic heterocycles. The van der Waals surface area contributed by atoms with Crippen molar-refractivity contribution in [3.05, 3.63) is 84.4 Å². The molecule has 6 nitrogen and oxygen atoms in total. The lowest BCUT2D eigenvalue weighted by molar-refractivity contribution is -0.683. The molecule has 4 aromatic rings. The molecule has 0 aliphatic rings. The van der Waals surface area contributed by atoms with Crippen molar-refractivity contribution in [3.63, 3.8) is 0 Å². The molecule has 7 heteroatoms. The second-order valence-electron chi connectivity index (χ2n) is 6.58. The molecule has 0 radical (unpaired) electrons. The number of benzene rings is 3. The molecule has 0 atom stereocenters. The summed E-state index contributed by atoms with van der Waals surface area (Å²) in [6.45, 7) is 0. The molecule has 3 aromatic carbocycles. The second kappa shape index (κ2) is 9.28. The van der Waals surface area contributed by atoms with Gasteiger partial charge in [0.2, 0.25) is 0 Å². The van der Waals surface area contributed by atoms with Crippen molar-refractivity contribution >= 4 is 34.9 Å². The van der Waals surface area contributed by atoms with Crippen LogP contribution >= 0.6 is 11.8 Å². The number of ether oxygens (including phenoxy) is 1. The van der Waals surface area contributed by atoms with Gasteiger partial charge in [0.25, 0.3) is 5.91 Å². The number of fused-ring (bicyclic) bond motifs is 1. The van der Waals surface area contributed by atoms with E-state index >= 15 is 0 Å². The zero-order valence-corrected chi connectivity index (χ0v) is 17.2. The van der Waals surface area contributed by atoms with Crippen LogP contribution in [0.1, 0.15) is 5.56 Å². The van der Waals surface area contributed by atoms with Crippen molar-refractivity contribution in [1.82, 2.24) is 10.4 Å². The van der Waals surface area contributed by atoms with Gasteiger partial charge in [-0.1, -0.05) is 42.5 Å². The summed E-state index contributed by atoms with van der Waals surface area (Å²) < 4.78 is 7.85. The third-order valence-corrected chi connectivity index (χ3v) is 5.45. The van der Waals surface area contributed by atoms with E-state index in [2.05, 4.69) is 15.5 Å². The first-order valence-corrected chi connectivity index (χ1v) is 10.4. The molecule has 0 aliphatic heterocycles. The van der Waals surface area contributed by atoms with E-state index in [4.69, 9.17) is 4.74 Å². The molecule has 0 unspecified atom stereocenters. The molecule has 0 saturated carbocycles. The summed E-state index contributed by atoms with van der Waals surface area (Å²) in [5.41, 5.74) is 5.54. The van der Waals surface area contributed by atoms with Gasteiger partial charge in [-0.25, -0.2) is 15.0 Å². The number of hydrogen-bond acceptors (Lipinski definition) is 4.